The number of carbonyl (C=O) groups excluding carboxylic acids is 2. The van der Waals surface area contributed by atoms with Crippen LogP contribution in [0.5, 0.6) is 0 Å². The maximum atomic E-state index is 13.1. The van der Waals surface area contributed by atoms with E-state index in [-0.39, 0.29) is 24.3 Å². The second-order valence-corrected chi connectivity index (χ2v) is 10.3. The summed E-state index contributed by atoms with van der Waals surface area (Å²) in [7, 11) is 2.97. The van der Waals surface area contributed by atoms with E-state index in [4.69, 9.17) is 18.9 Å². The van der Waals surface area contributed by atoms with Crippen LogP contribution in [-0.4, -0.2) is 99.9 Å². The Kier molecular flexibility index (Phi) is 8.00. The predicted molar refractivity (Wildman–Crippen MR) is 139 cm³/mol. The van der Waals surface area contributed by atoms with Gasteiger partial charge in [0, 0.05) is 35.5 Å². The van der Waals surface area contributed by atoms with Gasteiger partial charge in [-0.3, -0.25) is 4.79 Å². The van der Waals surface area contributed by atoms with Gasteiger partial charge in [0.1, 0.15) is 24.4 Å². The molecule has 0 saturated carbocycles. The van der Waals surface area contributed by atoms with Crippen LogP contribution in [0.25, 0.3) is 10.9 Å². The summed E-state index contributed by atoms with van der Waals surface area (Å²) in [6, 6.07) is 7.30. The first-order valence-electron chi connectivity index (χ1n) is 13.1. The molecule has 0 bridgehead atoms. The number of nitrogens with zero attached hydrogens (tertiary/aromatic N) is 1. The number of aromatic nitrogens is 1. The summed E-state index contributed by atoms with van der Waals surface area (Å²) in [5.41, 5.74) is 2.89. The Labute approximate surface area is 230 Å². The summed E-state index contributed by atoms with van der Waals surface area (Å²) in [5, 5.41) is 41.3. The molecule has 0 radical (unpaired) electrons. The highest BCUT2D eigenvalue weighted by atomic mass is 16.8. The monoisotopic (exact) mass is 558 g/mol. The zero-order valence-corrected chi connectivity index (χ0v) is 22.2. The fraction of sp³-hybridized carbons (Fsp3) is 0.500. The molecule has 0 spiro atoms. The molecule has 5 rings (SSSR count). The smallest absolute Gasteiger partial charge is 0.337 e. The van der Waals surface area contributed by atoms with Crippen molar-refractivity contribution < 1.29 is 49.0 Å². The molecule has 1 aromatic heterocycles. The number of benzene rings is 1. The van der Waals surface area contributed by atoms with E-state index >= 15 is 0 Å². The van der Waals surface area contributed by atoms with Crippen LogP contribution in [0.4, 0.5) is 0 Å². The quantitative estimate of drug-likeness (QED) is 0.235. The minimum Gasteiger partial charge on any atom is -0.471 e. The van der Waals surface area contributed by atoms with Gasteiger partial charge in [0.25, 0.3) is 0 Å². The molecule has 1 amide bonds. The number of methoxy groups -OCH3 is 1. The highest BCUT2D eigenvalue weighted by Crippen LogP contribution is 2.44. The van der Waals surface area contributed by atoms with E-state index in [1.54, 1.807) is 18.0 Å². The van der Waals surface area contributed by atoms with Crippen LogP contribution in [0.1, 0.15) is 23.7 Å². The van der Waals surface area contributed by atoms with E-state index in [0.29, 0.717) is 0 Å². The predicted octanol–water partition coefficient (Wildman–Crippen LogP) is 0.262. The zero-order chi connectivity index (χ0) is 28.7. The first kappa shape index (κ1) is 28.3. The molecule has 0 unspecified atom stereocenters. The third-order valence-corrected chi connectivity index (χ3v) is 8.16. The molecule has 1 fully saturated rings. The number of aromatic amines is 1. The van der Waals surface area contributed by atoms with E-state index in [1.807, 2.05) is 24.3 Å². The average Bonchev–Trinajstić information content (AvgIpc) is 3.33. The number of para-hydroxylation sites is 1. The first-order valence-corrected chi connectivity index (χ1v) is 13.1. The van der Waals surface area contributed by atoms with Crippen LogP contribution < -0.4 is 0 Å². The molecule has 1 aromatic carbocycles. The Morgan fingerprint density at radius 1 is 1.20 bits per heavy atom. The molecule has 216 valence electrons. The van der Waals surface area contributed by atoms with E-state index in [2.05, 4.69) is 11.6 Å². The van der Waals surface area contributed by atoms with Gasteiger partial charge in [-0.05, 0) is 18.1 Å². The number of hydrogen-bond donors (Lipinski definition) is 5. The number of fused-ring (bicyclic) bond motifs is 3. The second kappa shape index (κ2) is 11.3. The normalized spacial score (nSPS) is 34.1. The van der Waals surface area contributed by atoms with Crippen molar-refractivity contribution in [3.63, 3.8) is 0 Å². The number of esters is 1. The van der Waals surface area contributed by atoms with Gasteiger partial charge in [-0.15, -0.1) is 6.58 Å². The van der Waals surface area contributed by atoms with Crippen molar-refractivity contribution in [3.8, 4) is 0 Å². The van der Waals surface area contributed by atoms with Crippen molar-refractivity contribution in [2.75, 3.05) is 20.8 Å². The molecular formula is C28H34N2O10. The third kappa shape index (κ3) is 4.80. The maximum absolute atomic E-state index is 13.1. The summed E-state index contributed by atoms with van der Waals surface area (Å²) in [6.45, 7) is 3.30. The van der Waals surface area contributed by atoms with Gasteiger partial charge < -0.3 is 49.3 Å². The number of nitrogens with one attached hydrogen (secondary N) is 1. The number of carbonyl (C=O) groups is 2. The summed E-state index contributed by atoms with van der Waals surface area (Å²) in [4.78, 5) is 31.0. The Bertz CT molecular complexity index is 1310. The van der Waals surface area contributed by atoms with Crippen LogP contribution in [0.2, 0.25) is 0 Å². The number of amides is 1. The van der Waals surface area contributed by atoms with Crippen LogP contribution in [0.15, 0.2) is 48.8 Å². The Morgan fingerprint density at radius 2 is 1.95 bits per heavy atom. The lowest BCUT2D eigenvalue weighted by molar-refractivity contribution is -0.339. The standard InChI is InChI=1S/C28H34N2O10/c1-4-13-15(9-19-22-16(10-21(32)30(19)2)14-7-5-6-8-18(14)29-22)17(26(36)37-3)12-38-27(13)40-28-25(35)24(34)23(33)20(11-31)39-28/h4-8,12-13,15,19-20,23-25,27-29,31,33-35H,1,9-11H2,2-3H3/t13-,15+,19+,20-,23-,24+,25-,27+,28+/m1/s1. The van der Waals surface area contributed by atoms with Crippen molar-refractivity contribution in [1.82, 2.24) is 9.88 Å². The highest BCUT2D eigenvalue weighted by molar-refractivity contribution is 5.92. The van der Waals surface area contributed by atoms with Gasteiger partial charge in [-0.25, -0.2) is 4.79 Å². The molecular weight excluding hydrogens is 524 g/mol. The van der Waals surface area contributed by atoms with E-state index in [9.17, 15) is 30.0 Å². The number of hydrogen-bond acceptors (Lipinski definition) is 10. The number of likely N-dealkylation sites (N-methyl/N-ethyl adjacent to an activating group) is 1. The molecule has 1 saturated heterocycles. The van der Waals surface area contributed by atoms with Gasteiger partial charge >= 0.3 is 5.97 Å². The Balaban J connectivity index is 1.48. The molecule has 0 aliphatic carbocycles. The molecule has 5 N–H and O–H groups in total. The number of ether oxygens (including phenoxy) is 4. The minimum absolute atomic E-state index is 0.0674. The first-order chi connectivity index (χ1) is 19.2. The number of rotatable bonds is 7. The topological polar surface area (TPSA) is 171 Å². The number of aliphatic hydroxyl groups is 4. The Morgan fingerprint density at radius 3 is 2.65 bits per heavy atom. The summed E-state index contributed by atoms with van der Waals surface area (Å²) in [5.74, 6) is -1.98. The van der Waals surface area contributed by atoms with Crippen LogP contribution in [-0.2, 0) is 35.0 Å². The summed E-state index contributed by atoms with van der Waals surface area (Å²) >= 11 is 0. The van der Waals surface area contributed by atoms with Gasteiger partial charge in [0.2, 0.25) is 12.2 Å². The van der Waals surface area contributed by atoms with Gasteiger partial charge in [-0.1, -0.05) is 24.3 Å². The minimum atomic E-state index is -1.65. The van der Waals surface area contributed by atoms with Gasteiger partial charge in [-0.2, -0.15) is 0 Å². The highest BCUT2D eigenvalue weighted by Gasteiger charge is 2.48. The van der Waals surface area contributed by atoms with Crippen molar-refractivity contribution in [2.24, 2.45) is 11.8 Å². The SMILES string of the molecule is C=C[C@H]1[C@H](O[C@@H]2O[C@H](CO)[C@@H](O)[C@H](O)[C@H]2O)OC=C(C(=O)OC)[C@H]1C[C@H]1c2[nH]c3ccccc3c2CC(=O)N1C. The molecule has 3 aliphatic heterocycles. The molecule has 12 nitrogen and oxygen atoms in total. The maximum Gasteiger partial charge on any atom is 0.337 e. The number of H-pyrrole nitrogens is 1. The zero-order valence-electron chi connectivity index (χ0n) is 22.2. The molecule has 12 heteroatoms. The molecule has 3 aliphatic rings. The van der Waals surface area contributed by atoms with Crippen molar-refractivity contribution >= 4 is 22.8 Å². The Hall–Kier alpha value is -3.26. The van der Waals surface area contributed by atoms with Crippen LogP contribution in [0, 0.1) is 11.8 Å². The van der Waals surface area contributed by atoms with Crippen molar-refractivity contribution in [1.29, 1.82) is 0 Å². The van der Waals surface area contributed by atoms with E-state index in [0.717, 1.165) is 22.2 Å². The van der Waals surface area contributed by atoms with Crippen molar-refractivity contribution in [2.45, 2.75) is 55.9 Å². The van der Waals surface area contributed by atoms with Crippen LogP contribution in [0.3, 0.4) is 0 Å². The van der Waals surface area contributed by atoms with Gasteiger partial charge in [0.05, 0.1) is 38.0 Å². The third-order valence-electron chi connectivity index (χ3n) is 8.16. The average molecular weight is 559 g/mol. The summed E-state index contributed by atoms with van der Waals surface area (Å²) < 4.78 is 22.2. The molecule has 2 aromatic rings. The van der Waals surface area contributed by atoms with E-state index < -0.39 is 67.4 Å². The molecule has 40 heavy (non-hydrogen) atoms. The fourth-order valence-electron chi connectivity index (χ4n) is 5.88. The van der Waals surface area contributed by atoms with E-state index in [1.165, 1.54) is 13.4 Å². The lowest BCUT2D eigenvalue weighted by Crippen LogP contribution is -2.60. The van der Waals surface area contributed by atoms with Crippen LogP contribution >= 0.6 is 0 Å². The number of aliphatic hydroxyl groups excluding tert-OH is 4. The summed E-state index contributed by atoms with van der Waals surface area (Å²) in [6.07, 6.45) is -5.31. The van der Waals surface area contributed by atoms with Gasteiger partial charge in [0.15, 0.2) is 6.29 Å². The fourth-order valence-corrected chi connectivity index (χ4v) is 5.88. The molecule has 9 atom stereocenters. The second-order valence-electron chi connectivity index (χ2n) is 10.3. The largest absolute Gasteiger partial charge is 0.471 e. The molecule has 4 heterocycles. The van der Waals surface area contributed by atoms with Crippen molar-refractivity contribution in [3.05, 3.63) is 60.0 Å². The lowest BCUT2D eigenvalue weighted by atomic mass is 9.77. The lowest BCUT2D eigenvalue weighted by Gasteiger charge is -2.44.